The molecule has 1 aliphatic carbocycles. The van der Waals surface area contributed by atoms with Gasteiger partial charge in [-0.2, -0.15) is 13.2 Å². The number of carbonyl (C=O) groups excluding carboxylic acids is 1. The van der Waals surface area contributed by atoms with Crippen LogP contribution < -0.4 is 5.32 Å². The topological polar surface area (TPSA) is 66.4 Å². The highest BCUT2D eigenvalue weighted by molar-refractivity contribution is 5.91. The van der Waals surface area contributed by atoms with Gasteiger partial charge < -0.3 is 10.4 Å². The van der Waals surface area contributed by atoms with Crippen molar-refractivity contribution in [3.63, 3.8) is 0 Å². The van der Waals surface area contributed by atoms with Gasteiger partial charge in [-0.3, -0.25) is 4.79 Å². The fourth-order valence-electron chi connectivity index (χ4n) is 3.39. The molecule has 31 heavy (non-hydrogen) atoms. The molecule has 0 amide bonds. The summed E-state index contributed by atoms with van der Waals surface area (Å²) in [6.45, 7) is 4.09. The number of carboxylic acids is 1. The van der Waals surface area contributed by atoms with Crippen molar-refractivity contribution in [3.8, 4) is 0 Å². The van der Waals surface area contributed by atoms with E-state index in [9.17, 15) is 26.7 Å². The van der Waals surface area contributed by atoms with Gasteiger partial charge in [0.2, 0.25) is 0 Å². The minimum absolute atomic E-state index is 0.0655. The summed E-state index contributed by atoms with van der Waals surface area (Å²) in [7, 11) is 0. The van der Waals surface area contributed by atoms with Crippen molar-refractivity contribution in [2.45, 2.75) is 44.8 Å². The predicted octanol–water partition coefficient (Wildman–Crippen LogP) is 4.40. The molecule has 168 valence electrons. The fourth-order valence-corrected chi connectivity index (χ4v) is 3.39. The molecule has 3 rings (SSSR count). The van der Waals surface area contributed by atoms with Gasteiger partial charge in [0.1, 0.15) is 11.6 Å². The fraction of sp³-hybridized carbons (Fsp3) is 0.364. The van der Waals surface area contributed by atoms with E-state index >= 15 is 0 Å². The number of rotatable bonds is 4. The number of halogens is 5. The Bertz CT molecular complexity index is 903. The Labute approximate surface area is 176 Å². The van der Waals surface area contributed by atoms with Crippen molar-refractivity contribution in [2.75, 3.05) is 6.54 Å². The average Bonchev–Trinajstić information content (AvgIpc) is 2.84. The molecule has 0 fully saturated rings. The molecule has 0 saturated heterocycles. The van der Waals surface area contributed by atoms with E-state index < -0.39 is 18.1 Å². The normalized spacial score (nSPS) is 13.5. The number of hydrogen-bond acceptors (Lipinski definition) is 3. The molecule has 0 aliphatic heterocycles. The monoisotopic (exact) mass is 443 g/mol. The van der Waals surface area contributed by atoms with Gasteiger partial charge in [0, 0.05) is 6.04 Å². The van der Waals surface area contributed by atoms with Crippen LogP contribution in [0.25, 0.3) is 0 Å². The Morgan fingerprint density at radius 1 is 1.00 bits per heavy atom. The molecule has 0 heterocycles. The number of ketones is 1. The van der Waals surface area contributed by atoms with Crippen LogP contribution in [0.4, 0.5) is 22.0 Å². The maximum Gasteiger partial charge on any atom is 0.490 e. The van der Waals surface area contributed by atoms with Gasteiger partial charge in [0.05, 0.1) is 12.5 Å². The second-order valence-electron chi connectivity index (χ2n) is 7.35. The zero-order valence-electron chi connectivity index (χ0n) is 16.9. The first-order valence-electron chi connectivity index (χ1n) is 9.54. The summed E-state index contributed by atoms with van der Waals surface area (Å²) >= 11 is 0. The zero-order chi connectivity index (χ0) is 23.3. The third kappa shape index (κ3) is 6.10. The first-order valence-corrected chi connectivity index (χ1v) is 9.54. The Balaban J connectivity index is 0.000000423. The van der Waals surface area contributed by atoms with Crippen LogP contribution in [0.15, 0.2) is 36.4 Å². The summed E-state index contributed by atoms with van der Waals surface area (Å²) in [6.07, 6.45) is -4.28. The van der Waals surface area contributed by atoms with E-state index in [4.69, 9.17) is 9.90 Å². The lowest BCUT2D eigenvalue weighted by Crippen LogP contribution is -2.32. The summed E-state index contributed by atoms with van der Waals surface area (Å²) in [5, 5.41) is 10.2. The maximum atomic E-state index is 14.3. The van der Waals surface area contributed by atoms with Gasteiger partial charge in [-0.15, -0.1) is 0 Å². The SMILES string of the molecule is CC(C)NCC(=O)C1c2cccc(F)c2CCc2c(F)cccc21.O=C(O)C(F)(F)F. The van der Waals surface area contributed by atoms with Crippen molar-refractivity contribution in [1.82, 2.24) is 5.32 Å². The Hall–Kier alpha value is -2.81. The molecule has 2 aromatic carbocycles. The minimum atomic E-state index is -5.08. The van der Waals surface area contributed by atoms with E-state index in [2.05, 4.69) is 5.32 Å². The molecular weight excluding hydrogens is 421 g/mol. The summed E-state index contributed by atoms with van der Waals surface area (Å²) in [5.74, 6) is -4.10. The van der Waals surface area contributed by atoms with E-state index in [0.29, 0.717) is 35.1 Å². The van der Waals surface area contributed by atoms with E-state index in [1.807, 2.05) is 13.8 Å². The van der Waals surface area contributed by atoms with Crippen molar-refractivity contribution in [1.29, 1.82) is 0 Å². The summed E-state index contributed by atoms with van der Waals surface area (Å²) in [4.78, 5) is 21.8. The van der Waals surface area contributed by atoms with Gasteiger partial charge >= 0.3 is 12.1 Å². The molecule has 0 radical (unpaired) electrons. The molecule has 0 bridgehead atoms. The van der Waals surface area contributed by atoms with Gasteiger partial charge in [0.25, 0.3) is 0 Å². The van der Waals surface area contributed by atoms with Crippen LogP contribution in [0.5, 0.6) is 0 Å². The Kier molecular flexibility index (Phi) is 7.89. The van der Waals surface area contributed by atoms with Crippen LogP contribution >= 0.6 is 0 Å². The third-order valence-corrected chi connectivity index (χ3v) is 4.81. The molecule has 9 heteroatoms. The number of fused-ring (bicyclic) bond motifs is 2. The quantitative estimate of drug-likeness (QED) is 0.688. The lowest BCUT2D eigenvalue weighted by atomic mass is 9.84. The van der Waals surface area contributed by atoms with Crippen molar-refractivity contribution in [2.24, 2.45) is 0 Å². The number of alkyl halides is 3. The van der Waals surface area contributed by atoms with Gasteiger partial charge in [0.15, 0.2) is 5.78 Å². The van der Waals surface area contributed by atoms with Gasteiger partial charge in [-0.1, -0.05) is 38.1 Å². The van der Waals surface area contributed by atoms with Crippen molar-refractivity contribution < 1.29 is 36.6 Å². The molecule has 0 atom stereocenters. The first kappa shape index (κ1) is 24.5. The molecule has 0 unspecified atom stereocenters. The maximum absolute atomic E-state index is 14.3. The van der Waals surface area contributed by atoms with Crippen molar-refractivity contribution >= 4 is 11.8 Å². The lowest BCUT2D eigenvalue weighted by Gasteiger charge is -2.20. The molecular formula is C22H22F5NO3. The molecule has 1 aliphatic rings. The highest BCUT2D eigenvalue weighted by Crippen LogP contribution is 2.36. The van der Waals surface area contributed by atoms with Crippen LogP contribution in [0.2, 0.25) is 0 Å². The molecule has 0 aromatic heterocycles. The Morgan fingerprint density at radius 3 is 1.77 bits per heavy atom. The number of carboxylic acid groups (broad SMARTS) is 1. The largest absolute Gasteiger partial charge is 0.490 e. The average molecular weight is 443 g/mol. The highest BCUT2D eigenvalue weighted by atomic mass is 19.4. The van der Waals surface area contributed by atoms with Crippen LogP contribution in [0.1, 0.15) is 42.0 Å². The first-order chi connectivity index (χ1) is 14.4. The second kappa shape index (κ2) is 10.00. The molecule has 2 aromatic rings. The third-order valence-electron chi connectivity index (χ3n) is 4.81. The summed E-state index contributed by atoms with van der Waals surface area (Å²) < 4.78 is 60.3. The highest BCUT2D eigenvalue weighted by Gasteiger charge is 2.38. The summed E-state index contributed by atoms with van der Waals surface area (Å²) in [6, 6.07) is 9.78. The van der Waals surface area contributed by atoms with E-state index in [1.54, 1.807) is 24.3 Å². The number of nitrogens with one attached hydrogen (secondary N) is 1. The Morgan fingerprint density at radius 2 is 1.42 bits per heavy atom. The lowest BCUT2D eigenvalue weighted by molar-refractivity contribution is -0.192. The molecule has 0 spiro atoms. The van der Waals surface area contributed by atoms with Crippen LogP contribution in [-0.2, 0) is 22.4 Å². The number of benzene rings is 2. The standard InChI is InChI=1S/C20H21F2NO.C2HF3O2/c1-12(2)23-11-19(24)20-15-5-3-7-17(21)13(15)9-10-14-16(20)6-4-8-18(14)22;3-2(4,5)1(6)7/h3-8,12,20,23H,9-11H2,1-2H3;(H,6,7). The van der Waals surface area contributed by atoms with Crippen LogP contribution in [0, 0.1) is 11.6 Å². The number of carbonyl (C=O) groups is 2. The van der Waals surface area contributed by atoms with E-state index in [-0.39, 0.29) is 30.0 Å². The molecule has 0 saturated carbocycles. The predicted molar refractivity (Wildman–Crippen MR) is 104 cm³/mol. The number of aliphatic carboxylic acids is 1. The van der Waals surface area contributed by atoms with Crippen molar-refractivity contribution in [3.05, 3.63) is 70.3 Å². The van der Waals surface area contributed by atoms with E-state index in [1.165, 1.54) is 12.1 Å². The minimum Gasteiger partial charge on any atom is -0.475 e. The molecule has 2 N–H and O–H groups in total. The number of hydrogen-bond donors (Lipinski definition) is 2. The van der Waals surface area contributed by atoms with Gasteiger partial charge in [-0.05, 0) is 47.2 Å². The van der Waals surface area contributed by atoms with Crippen LogP contribution in [0.3, 0.4) is 0 Å². The smallest absolute Gasteiger partial charge is 0.475 e. The van der Waals surface area contributed by atoms with E-state index in [0.717, 1.165) is 0 Å². The second-order valence-corrected chi connectivity index (χ2v) is 7.35. The zero-order valence-corrected chi connectivity index (χ0v) is 16.9. The summed E-state index contributed by atoms with van der Waals surface area (Å²) in [5.41, 5.74) is 2.37. The molecule has 4 nitrogen and oxygen atoms in total. The van der Waals surface area contributed by atoms with Gasteiger partial charge in [-0.25, -0.2) is 13.6 Å². The van der Waals surface area contributed by atoms with Crippen LogP contribution in [-0.4, -0.2) is 35.6 Å². The number of Topliss-reactive ketones (excluding diaryl/α,β-unsaturated/α-hetero) is 1.